The van der Waals surface area contributed by atoms with Crippen molar-refractivity contribution in [1.82, 2.24) is 15.3 Å². The molecule has 1 saturated heterocycles. The van der Waals surface area contributed by atoms with Crippen molar-refractivity contribution in [2.75, 3.05) is 6.54 Å². The zero-order valence-corrected chi connectivity index (χ0v) is 9.05. The van der Waals surface area contributed by atoms with E-state index < -0.39 is 0 Å². The van der Waals surface area contributed by atoms with Gasteiger partial charge in [-0.3, -0.25) is 4.79 Å². The Kier molecular flexibility index (Phi) is 3.16. The van der Waals surface area contributed by atoms with E-state index in [0.29, 0.717) is 6.04 Å². The van der Waals surface area contributed by atoms with Gasteiger partial charge >= 0.3 is 0 Å². The smallest absolute Gasteiger partial charge is 0.253 e. The molecule has 0 spiro atoms. The number of rotatable bonds is 2. The van der Waals surface area contributed by atoms with E-state index in [4.69, 9.17) is 0 Å². The normalized spacial score (nSPS) is 21.5. The summed E-state index contributed by atoms with van der Waals surface area (Å²) in [5, 5.41) is 3.46. The van der Waals surface area contributed by atoms with Gasteiger partial charge in [0.15, 0.2) is 0 Å². The Bertz CT molecular complexity index is 380. The van der Waals surface area contributed by atoms with E-state index in [2.05, 4.69) is 15.3 Å². The van der Waals surface area contributed by atoms with Crippen molar-refractivity contribution < 1.29 is 0 Å². The summed E-state index contributed by atoms with van der Waals surface area (Å²) >= 11 is 0. The highest BCUT2D eigenvalue weighted by molar-refractivity contribution is 5.15. The van der Waals surface area contributed by atoms with Crippen molar-refractivity contribution in [3.63, 3.8) is 0 Å². The van der Waals surface area contributed by atoms with Crippen LogP contribution in [0.1, 0.15) is 30.5 Å². The van der Waals surface area contributed by atoms with Crippen LogP contribution in [0.15, 0.2) is 11.1 Å². The highest BCUT2D eigenvalue weighted by atomic mass is 16.1. The van der Waals surface area contributed by atoms with Gasteiger partial charge in [0.25, 0.3) is 5.56 Å². The Morgan fingerprint density at radius 3 is 3.13 bits per heavy atom. The van der Waals surface area contributed by atoms with Gasteiger partial charge in [-0.15, -0.1) is 0 Å². The second-order valence-electron chi connectivity index (χ2n) is 4.15. The fourth-order valence-electron chi connectivity index (χ4n) is 2.04. The Hall–Kier alpha value is -1.16. The summed E-state index contributed by atoms with van der Waals surface area (Å²) in [6.07, 6.45) is 6.09. The summed E-state index contributed by atoms with van der Waals surface area (Å²) in [5.41, 5.74) is 1.67. The second-order valence-corrected chi connectivity index (χ2v) is 4.15. The topological polar surface area (TPSA) is 57.8 Å². The zero-order chi connectivity index (χ0) is 10.7. The molecule has 0 amide bonds. The van der Waals surface area contributed by atoms with Crippen molar-refractivity contribution in [1.29, 1.82) is 0 Å². The van der Waals surface area contributed by atoms with Crippen molar-refractivity contribution in [2.45, 2.75) is 38.6 Å². The minimum Gasteiger partial charge on any atom is -0.314 e. The first-order chi connectivity index (χ1) is 7.27. The molecule has 0 aromatic carbocycles. The fraction of sp³-hybridized carbons (Fsp3) is 0.636. The summed E-state index contributed by atoms with van der Waals surface area (Å²) < 4.78 is 0. The number of hydrogen-bond donors (Lipinski definition) is 2. The minimum atomic E-state index is -0.0178. The largest absolute Gasteiger partial charge is 0.314 e. The SMILES string of the molecule is Cc1c(CC2CCCCN2)nc[nH]c1=O. The van der Waals surface area contributed by atoms with E-state index in [-0.39, 0.29) is 5.56 Å². The van der Waals surface area contributed by atoms with Gasteiger partial charge in [0.05, 0.1) is 12.0 Å². The van der Waals surface area contributed by atoms with Gasteiger partial charge in [0.1, 0.15) is 0 Å². The monoisotopic (exact) mass is 207 g/mol. The van der Waals surface area contributed by atoms with Crippen molar-refractivity contribution >= 4 is 0 Å². The lowest BCUT2D eigenvalue weighted by Crippen LogP contribution is -2.36. The maximum absolute atomic E-state index is 11.4. The highest BCUT2D eigenvalue weighted by Gasteiger charge is 2.15. The molecular formula is C11H17N3O. The minimum absolute atomic E-state index is 0.0178. The summed E-state index contributed by atoms with van der Waals surface area (Å²) in [4.78, 5) is 18.2. The van der Waals surface area contributed by atoms with Gasteiger partial charge in [-0.2, -0.15) is 0 Å². The van der Waals surface area contributed by atoms with Gasteiger partial charge in [0.2, 0.25) is 0 Å². The molecule has 2 rings (SSSR count). The lowest BCUT2D eigenvalue weighted by atomic mass is 9.99. The number of piperidine rings is 1. The van der Waals surface area contributed by atoms with Crippen LogP contribution >= 0.6 is 0 Å². The van der Waals surface area contributed by atoms with Crippen LogP contribution in [-0.4, -0.2) is 22.6 Å². The lowest BCUT2D eigenvalue weighted by molar-refractivity contribution is 0.396. The molecule has 2 N–H and O–H groups in total. The van der Waals surface area contributed by atoms with Crippen LogP contribution < -0.4 is 10.9 Å². The molecule has 1 aliphatic heterocycles. The van der Waals surface area contributed by atoms with Crippen LogP contribution in [0.4, 0.5) is 0 Å². The van der Waals surface area contributed by atoms with Crippen LogP contribution in [-0.2, 0) is 6.42 Å². The quantitative estimate of drug-likeness (QED) is 0.753. The molecule has 1 fully saturated rings. The van der Waals surface area contributed by atoms with E-state index in [0.717, 1.165) is 24.2 Å². The number of aromatic nitrogens is 2. The maximum Gasteiger partial charge on any atom is 0.253 e. The Morgan fingerprint density at radius 1 is 1.53 bits per heavy atom. The zero-order valence-electron chi connectivity index (χ0n) is 9.05. The Morgan fingerprint density at radius 2 is 2.40 bits per heavy atom. The number of aromatic amines is 1. The summed E-state index contributed by atoms with van der Waals surface area (Å²) in [7, 11) is 0. The molecule has 0 aliphatic carbocycles. The molecule has 0 saturated carbocycles. The number of H-pyrrole nitrogens is 1. The average Bonchev–Trinajstić information content (AvgIpc) is 2.26. The first kappa shape index (κ1) is 10.4. The van der Waals surface area contributed by atoms with Gasteiger partial charge in [0, 0.05) is 18.0 Å². The predicted molar refractivity (Wildman–Crippen MR) is 58.9 cm³/mol. The molecule has 1 aliphatic rings. The molecule has 1 aromatic rings. The van der Waals surface area contributed by atoms with Gasteiger partial charge in [-0.25, -0.2) is 4.98 Å². The van der Waals surface area contributed by atoms with E-state index in [9.17, 15) is 4.79 Å². The summed E-state index contributed by atoms with van der Waals surface area (Å²) in [6, 6.07) is 0.492. The van der Waals surface area contributed by atoms with Crippen molar-refractivity contribution in [3.05, 3.63) is 27.9 Å². The fourth-order valence-corrected chi connectivity index (χ4v) is 2.04. The molecule has 4 nitrogen and oxygen atoms in total. The molecule has 82 valence electrons. The van der Waals surface area contributed by atoms with E-state index in [1.807, 2.05) is 6.92 Å². The summed E-state index contributed by atoms with van der Waals surface area (Å²) in [6.45, 7) is 2.93. The molecule has 0 bridgehead atoms. The van der Waals surface area contributed by atoms with Crippen molar-refractivity contribution in [2.24, 2.45) is 0 Å². The molecular weight excluding hydrogens is 190 g/mol. The van der Waals surface area contributed by atoms with E-state index >= 15 is 0 Å². The third-order valence-corrected chi connectivity index (χ3v) is 3.04. The number of hydrogen-bond acceptors (Lipinski definition) is 3. The first-order valence-electron chi connectivity index (χ1n) is 5.54. The highest BCUT2D eigenvalue weighted by Crippen LogP contribution is 2.11. The van der Waals surface area contributed by atoms with Gasteiger partial charge < -0.3 is 10.3 Å². The van der Waals surface area contributed by atoms with Crippen LogP contribution in [0.5, 0.6) is 0 Å². The lowest BCUT2D eigenvalue weighted by Gasteiger charge is -2.23. The predicted octanol–water partition coefficient (Wildman–Crippen LogP) is 0.763. The summed E-state index contributed by atoms with van der Waals surface area (Å²) in [5.74, 6) is 0. The van der Waals surface area contributed by atoms with Crippen molar-refractivity contribution in [3.8, 4) is 0 Å². The average molecular weight is 207 g/mol. The van der Waals surface area contributed by atoms with E-state index in [1.54, 1.807) is 0 Å². The molecule has 1 aromatic heterocycles. The molecule has 15 heavy (non-hydrogen) atoms. The van der Waals surface area contributed by atoms with Crippen LogP contribution in [0.25, 0.3) is 0 Å². The molecule has 4 heteroatoms. The molecule has 0 radical (unpaired) electrons. The Balaban J connectivity index is 2.09. The third-order valence-electron chi connectivity index (χ3n) is 3.04. The first-order valence-corrected chi connectivity index (χ1v) is 5.54. The van der Waals surface area contributed by atoms with E-state index in [1.165, 1.54) is 25.6 Å². The van der Waals surface area contributed by atoms with Crippen LogP contribution in [0.3, 0.4) is 0 Å². The van der Waals surface area contributed by atoms with Crippen LogP contribution in [0, 0.1) is 6.92 Å². The van der Waals surface area contributed by atoms with Gasteiger partial charge in [-0.05, 0) is 26.3 Å². The number of nitrogens with zero attached hydrogens (tertiary/aromatic N) is 1. The standard InChI is InChI=1S/C11H17N3O/c1-8-10(13-7-14-11(8)15)6-9-4-2-3-5-12-9/h7,9,12H,2-6H2,1H3,(H,13,14,15). The molecule has 1 atom stereocenters. The third kappa shape index (κ3) is 2.45. The second kappa shape index (κ2) is 4.57. The molecule has 1 unspecified atom stereocenters. The van der Waals surface area contributed by atoms with Crippen LogP contribution in [0.2, 0.25) is 0 Å². The Labute approximate surface area is 89.1 Å². The maximum atomic E-state index is 11.4. The molecule has 2 heterocycles. The van der Waals surface area contributed by atoms with Gasteiger partial charge in [-0.1, -0.05) is 6.42 Å². The number of nitrogens with one attached hydrogen (secondary N) is 2.